The molecule has 0 aliphatic carbocycles. The third-order valence-corrected chi connectivity index (χ3v) is 4.03. The van der Waals surface area contributed by atoms with Crippen molar-refractivity contribution in [1.82, 2.24) is 10.9 Å². The van der Waals surface area contributed by atoms with E-state index in [4.69, 9.17) is 0 Å². The van der Waals surface area contributed by atoms with Crippen LogP contribution in [0.5, 0.6) is 0 Å². The molecule has 2 unspecified atom stereocenters. The number of halogens is 1. The van der Waals surface area contributed by atoms with Crippen LogP contribution in [0.25, 0.3) is 0 Å². The topological polar surface area (TPSA) is 56.4 Å². The Balaban J connectivity index is 1.71. The van der Waals surface area contributed by atoms with Gasteiger partial charge in [0.25, 0.3) is 0 Å². The Labute approximate surface area is 123 Å². The predicted molar refractivity (Wildman–Crippen MR) is 80.6 cm³/mol. The lowest BCUT2D eigenvalue weighted by Gasteiger charge is -2.19. The standard InChI is InChI=1S/C15H21FN4O/c1-10-6-14(19-18-10)15(21)17-12-7-11(16)8-13(9-12)20-4-2-3-5-20/h7-10,14,18-19H,2-6H2,1H3,(H,17,21). The maximum Gasteiger partial charge on any atom is 0.242 e. The summed E-state index contributed by atoms with van der Waals surface area (Å²) in [5.41, 5.74) is 7.31. The molecule has 2 aliphatic heterocycles. The maximum absolute atomic E-state index is 13.8. The molecule has 21 heavy (non-hydrogen) atoms. The van der Waals surface area contributed by atoms with Gasteiger partial charge in [0.1, 0.15) is 11.9 Å². The molecule has 0 radical (unpaired) electrons. The van der Waals surface area contributed by atoms with Crippen molar-refractivity contribution < 1.29 is 9.18 Å². The second-order valence-electron chi connectivity index (χ2n) is 5.86. The first-order chi connectivity index (χ1) is 10.1. The van der Waals surface area contributed by atoms with E-state index in [0.717, 1.165) is 38.0 Å². The predicted octanol–water partition coefficient (Wildman–Crippen LogP) is 1.62. The van der Waals surface area contributed by atoms with Gasteiger partial charge in [0.05, 0.1) is 0 Å². The van der Waals surface area contributed by atoms with Crippen LogP contribution in [0, 0.1) is 5.82 Å². The molecule has 0 bridgehead atoms. The average Bonchev–Trinajstić information content (AvgIpc) is 3.08. The molecule has 2 aliphatic rings. The molecule has 114 valence electrons. The SMILES string of the molecule is CC1CC(C(=O)Nc2cc(F)cc(N3CCCC3)c2)NN1. The number of hydrogen-bond donors (Lipinski definition) is 3. The number of carbonyl (C=O) groups is 1. The van der Waals surface area contributed by atoms with Crippen molar-refractivity contribution in [2.45, 2.75) is 38.3 Å². The molecule has 1 aromatic carbocycles. The van der Waals surface area contributed by atoms with Gasteiger partial charge in [-0.05, 0) is 44.4 Å². The van der Waals surface area contributed by atoms with Gasteiger partial charge >= 0.3 is 0 Å². The highest BCUT2D eigenvalue weighted by Gasteiger charge is 2.26. The summed E-state index contributed by atoms with van der Waals surface area (Å²) in [4.78, 5) is 14.3. The van der Waals surface area contributed by atoms with Crippen LogP contribution >= 0.6 is 0 Å². The fourth-order valence-corrected chi connectivity index (χ4v) is 2.92. The van der Waals surface area contributed by atoms with Crippen LogP contribution in [0.4, 0.5) is 15.8 Å². The number of amides is 1. The minimum atomic E-state index is -0.319. The molecular formula is C15H21FN4O. The van der Waals surface area contributed by atoms with Gasteiger partial charge in [0.15, 0.2) is 0 Å². The normalized spacial score (nSPS) is 25.3. The van der Waals surface area contributed by atoms with Crippen LogP contribution in [0.15, 0.2) is 18.2 Å². The molecule has 2 saturated heterocycles. The van der Waals surface area contributed by atoms with E-state index in [1.54, 1.807) is 0 Å². The zero-order valence-electron chi connectivity index (χ0n) is 12.2. The zero-order chi connectivity index (χ0) is 14.8. The highest BCUT2D eigenvalue weighted by molar-refractivity contribution is 5.95. The van der Waals surface area contributed by atoms with Gasteiger partial charge in [-0.25, -0.2) is 9.82 Å². The molecule has 2 heterocycles. The Hall–Kier alpha value is -1.66. The number of benzene rings is 1. The first-order valence-corrected chi connectivity index (χ1v) is 7.49. The number of nitrogens with one attached hydrogen (secondary N) is 3. The second kappa shape index (κ2) is 5.99. The van der Waals surface area contributed by atoms with E-state index in [9.17, 15) is 9.18 Å². The fraction of sp³-hybridized carbons (Fsp3) is 0.533. The molecular weight excluding hydrogens is 271 g/mol. The highest BCUT2D eigenvalue weighted by atomic mass is 19.1. The van der Waals surface area contributed by atoms with Gasteiger partial charge in [-0.1, -0.05) is 0 Å². The van der Waals surface area contributed by atoms with E-state index < -0.39 is 0 Å². The molecule has 2 atom stereocenters. The fourth-order valence-electron chi connectivity index (χ4n) is 2.92. The Morgan fingerprint density at radius 3 is 2.71 bits per heavy atom. The summed E-state index contributed by atoms with van der Waals surface area (Å²) < 4.78 is 13.8. The van der Waals surface area contributed by atoms with Crippen molar-refractivity contribution in [1.29, 1.82) is 0 Å². The van der Waals surface area contributed by atoms with Gasteiger partial charge in [0, 0.05) is 30.5 Å². The van der Waals surface area contributed by atoms with Gasteiger partial charge in [0.2, 0.25) is 5.91 Å². The minimum Gasteiger partial charge on any atom is -0.371 e. The quantitative estimate of drug-likeness (QED) is 0.792. The molecule has 1 amide bonds. The van der Waals surface area contributed by atoms with E-state index in [1.165, 1.54) is 12.1 Å². The largest absolute Gasteiger partial charge is 0.371 e. The van der Waals surface area contributed by atoms with E-state index >= 15 is 0 Å². The molecule has 3 rings (SSSR count). The number of nitrogens with zero attached hydrogens (tertiary/aromatic N) is 1. The summed E-state index contributed by atoms with van der Waals surface area (Å²) in [5.74, 6) is -0.453. The van der Waals surface area contributed by atoms with Crippen LogP contribution < -0.4 is 21.1 Å². The first-order valence-electron chi connectivity index (χ1n) is 7.49. The maximum atomic E-state index is 13.8. The monoisotopic (exact) mass is 292 g/mol. The lowest BCUT2D eigenvalue weighted by molar-refractivity contribution is -0.117. The van der Waals surface area contributed by atoms with Crippen LogP contribution in [-0.4, -0.2) is 31.1 Å². The summed E-state index contributed by atoms with van der Waals surface area (Å²) in [6, 6.07) is 4.71. The molecule has 0 spiro atoms. The Bertz CT molecular complexity index is 530. The van der Waals surface area contributed by atoms with Gasteiger partial charge in [-0.15, -0.1) is 0 Å². The molecule has 2 fully saturated rings. The summed E-state index contributed by atoms with van der Waals surface area (Å²) in [6.07, 6.45) is 2.99. The van der Waals surface area contributed by atoms with Crippen molar-refractivity contribution in [3.05, 3.63) is 24.0 Å². The Kier molecular flexibility index (Phi) is 4.07. The number of carbonyl (C=O) groups excluding carboxylic acids is 1. The van der Waals surface area contributed by atoms with Crippen molar-refractivity contribution in [3.8, 4) is 0 Å². The molecule has 1 aromatic rings. The second-order valence-corrected chi connectivity index (χ2v) is 5.86. The molecule has 0 aromatic heterocycles. The Morgan fingerprint density at radius 1 is 1.29 bits per heavy atom. The summed E-state index contributed by atoms with van der Waals surface area (Å²) in [7, 11) is 0. The minimum absolute atomic E-state index is 0.134. The van der Waals surface area contributed by atoms with Crippen LogP contribution in [0.2, 0.25) is 0 Å². The lowest BCUT2D eigenvalue weighted by atomic mass is 10.1. The number of hydrazine groups is 1. The van der Waals surface area contributed by atoms with Crippen LogP contribution in [-0.2, 0) is 4.79 Å². The summed E-state index contributed by atoms with van der Waals surface area (Å²) in [5, 5.41) is 2.80. The molecule has 3 N–H and O–H groups in total. The number of hydrogen-bond acceptors (Lipinski definition) is 4. The number of rotatable bonds is 3. The highest BCUT2D eigenvalue weighted by Crippen LogP contribution is 2.25. The van der Waals surface area contributed by atoms with E-state index in [0.29, 0.717) is 5.69 Å². The summed E-state index contributed by atoms with van der Waals surface area (Å²) in [6.45, 7) is 3.90. The van der Waals surface area contributed by atoms with Crippen molar-refractivity contribution in [2.24, 2.45) is 0 Å². The van der Waals surface area contributed by atoms with Gasteiger partial charge < -0.3 is 10.2 Å². The number of anilines is 2. The van der Waals surface area contributed by atoms with Crippen molar-refractivity contribution in [3.63, 3.8) is 0 Å². The van der Waals surface area contributed by atoms with Crippen LogP contribution in [0.3, 0.4) is 0 Å². The summed E-state index contributed by atoms with van der Waals surface area (Å²) >= 11 is 0. The third kappa shape index (κ3) is 3.33. The van der Waals surface area contributed by atoms with E-state index in [-0.39, 0.29) is 23.8 Å². The molecule has 6 heteroatoms. The molecule has 0 saturated carbocycles. The van der Waals surface area contributed by atoms with Crippen molar-refractivity contribution in [2.75, 3.05) is 23.3 Å². The van der Waals surface area contributed by atoms with Gasteiger partial charge in [-0.3, -0.25) is 10.2 Å². The smallest absolute Gasteiger partial charge is 0.242 e. The Morgan fingerprint density at radius 2 is 2.05 bits per heavy atom. The first kappa shape index (κ1) is 14.3. The average molecular weight is 292 g/mol. The molecule has 5 nitrogen and oxygen atoms in total. The lowest BCUT2D eigenvalue weighted by Crippen LogP contribution is -2.40. The van der Waals surface area contributed by atoms with Crippen LogP contribution in [0.1, 0.15) is 26.2 Å². The third-order valence-electron chi connectivity index (χ3n) is 4.03. The van der Waals surface area contributed by atoms with E-state index in [1.807, 2.05) is 13.0 Å². The van der Waals surface area contributed by atoms with Gasteiger partial charge in [-0.2, -0.15) is 0 Å². The van der Waals surface area contributed by atoms with Crippen molar-refractivity contribution >= 4 is 17.3 Å². The van der Waals surface area contributed by atoms with E-state index in [2.05, 4.69) is 21.1 Å². The zero-order valence-corrected chi connectivity index (χ0v) is 12.2.